The summed E-state index contributed by atoms with van der Waals surface area (Å²) in [5.41, 5.74) is 2.10. The summed E-state index contributed by atoms with van der Waals surface area (Å²) in [4.78, 5) is 34.9. The van der Waals surface area contributed by atoms with E-state index in [-0.39, 0.29) is 18.7 Å². The van der Waals surface area contributed by atoms with Gasteiger partial charge in [0.2, 0.25) is 5.88 Å². The van der Waals surface area contributed by atoms with Gasteiger partial charge < -0.3 is 24.5 Å². The summed E-state index contributed by atoms with van der Waals surface area (Å²) in [6, 6.07) is 6.06. The van der Waals surface area contributed by atoms with Crippen LogP contribution in [0.5, 0.6) is 5.88 Å². The molecule has 0 bridgehead atoms. The fourth-order valence-electron chi connectivity index (χ4n) is 4.53. The molecule has 10 nitrogen and oxygen atoms in total. The Labute approximate surface area is 206 Å². The van der Waals surface area contributed by atoms with E-state index in [4.69, 9.17) is 9.47 Å². The number of hydrogen-bond acceptors (Lipinski definition) is 8. The van der Waals surface area contributed by atoms with Crippen LogP contribution in [0.1, 0.15) is 11.3 Å². The van der Waals surface area contributed by atoms with Gasteiger partial charge in [-0.25, -0.2) is 19.2 Å². The maximum Gasteiger partial charge on any atom is 0.416 e. The SMILES string of the molecule is C=C1COc2ncc(N3C[C@H](CNCCc4c(F)ccc5ccc(=O)n(CCO)c45)OC3=O)nc2C1. The number of benzene rings is 1. The minimum absolute atomic E-state index is 0.0831. The molecule has 1 atom stereocenters. The molecule has 1 saturated heterocycles. The molecule has 2 aliphatic rings. The number of anilines is 1. The molecule has 0 saturated carbocycles. The van der Waals surface area contributed by atoms with E-state index in [1.54, 1.807) is 12.1 Å². The zero-order valence-corrected chi connectivity index (χ0v) is 19.6. The number of amides is 1. The number of ether oxygens (including phenoxy) is 2. The molecule has 2 aliphatic heterocycles. The number of hydrogen-bond donors (Lipinski definition) is 2. The van der Waals surface area contributed by atoms with E-state index in [2.05, 4.69) is 21.9 Å². The number of carbonyl (C=O) groups excluding carboxylic acids is 1. The molecular formula is C25H26FN5O5. The first-order valence-corrected chi connectivity index (χ1v) is 11.7. The van der Waals surface area contributed by atoms with Gasteiger partial charge in [-0.15, -0.1) is 0 Å². The fraction of sp³-hybridized carbons (Fsp3) is 0.360. The number of aromatic nitrogens is 3. The lowest BCUT2D eigenvalue weighted by Gasteiger charge is -2.19. The van der Waals surface area contributed by atoms with Gasteiger partial charge in [0.05, 0.1) is 24.9 Å². The van der Waals surface area contributed by atoms with Gasteiger partial charge in [0.25, 0.3) is 5.56 Å². The Bertz CT molecular complexity index is 1390. The molecule has 1 aromatic carbocycles. The summed E-state index contributed by atoms with van der Waals surface area (Å²) in [5.74, 6) is 0.416. The van der Waals surface area contributed by atoms with Crippen LogP contribution in [0.25, 0.3) is 10.9 Å². The monoisotopic (exact) mass is 495 g/mol. The number of carbonyl (C=O) groups is 1. The number of aliphatic hydroxyl groups excluding tert-OH is 1. The van der Waals surface area contributed by atoms with Gasteiger partial charge in [-0.1, -0.05) is 6.58 Å². The largest absolute Gasteiger partial charge is 0.472 e. The average molecular weight is 496 g/mol. The second-order valence-corrected chi connectivity index (χ2v) is 8.78. The van der Waals surface area contributed by atoms with Gasteiger partial charge in [0.1, 0.15) is 24.2 Å². The molecule has 0 spiro atoms. The van der Waals surface area contributed by atoms with Crippen LogP contribution in [0.4, 0.5) is 15.0 Å². The molecule has 36 heavy (non-hydrogen) atoms. The zero-order chi connectivity index (χ0) is 25.2. The van der Waals surface area contributed by atoms with E-state index in [1.807, 2.05) is 0 Å². The number of aliphatic hydroxyl groups is 1. The third-order valence-electron chi connectivity index (χ3n) is 6.22. The second-order valence-electron chi connectivity index (χ2n) is 8.78. The molecule has 4 heterocycles. The minimum Gasteiger partial charge on any atom is -0.472 e. The van der Waals surface area contributed by atoms with Crippen LogP contribution in [0.3, 0.4) is 0 Å². The number of nitrogens with zero attached hydrogens (tertiary/aromatic N) is 4. The Morgan fingerprint density at radius 1 is 1.25 bits per heavy atom. The van der Waals surface area contributed by atoms with Gasteiger partial charge in [0.15, 0.2) is 5.82 Å². The molecule has 5 rings (SSSR count). The van der Waals surface area contributed by atoms with Crippen molar-refractivity contribution in [3.8, 4) is 5.88 Å². The van der Waals surface area contributed by atoms with E-state index in [0.717, 1.165) is 11.0 Å². The van der Waals surface area contributed by atoms with Crippen molar-refractivity contribution in [2.45, 2.75) is 25.5 Å². The van der Waals surface area contributed by atoms with Gasteiger partial charge in [-0.3, -0.25) is 9.69 Å². The fourth-order valence-corrected chi connectivity index (χ4v) is 4.53. The normalized spacial score (nSPS) is 17.3. The molecule has 0 radical (unpaired) electrons. The van der Waals surface area contributed by atoms with Crippen LogP contribution in [0.15, 0.2) is 47.4 Å². The maximum atomic E-state index is 14.7. The Kier molecular flexibility index (Phi) is 6.66. The molecule has 1 fully saturated rings. The van der Waals surface area contributed by atoms with Crippen molar-refractivity contribution in [3.63, 3.8) is 0 Å². The predicted octanol–water partition coefficient (Wildman–Crippen LogP) is 1.57. The minimum atomic E-state index is -0.514. The highest BCUT2D eigenvalue weighted by molar-refractivity contribution is 5.88. The van der Waals surface area contributed by atoms with Crippen LogP contribution in [-0.4, -0.2) is 64.7 Å². The molecule has 11 heteroatoms. The first kappa shape index (κ1) is 23.9. The predicted molar refractivity (Wildman–Crippen MR) is 130 cm³/mol. The number of nitrogens with one attached hydrogen (secondary N) is 1. The van der Waals surface area contributed by atoms with Gasteiger partial charge in [-0.2, -0.15) is 0 Å². The molecule has 2 aromatic heterocycles. The third-order valence-corrected chi connectivity index (χ3v) is 6.22. The first-order valence-electron chi connectivity index (χ1n) is 11.7. The summed E-state index contributed by atoms with van der Waals surface area (Å²) < 4.78 is 27.1. The molecule has 188 valence electrons. The molecule has 1 amide bonds. The first-order chi connectivity index (χ1) is 17.4. The van der Waals surface area contributed by atoms with Crippen molar-refractivity contribution < 1.29 is 23.8 Å². The van der Waals surface area contributed by atoms with Gasteiger partial charge in [-0.05, 0) is 42.1 Å². The number of fused-ring (bicyclic) bond motifs is 2. The molecule has 0 aliphatic carbocycles. The third kappa shape index (κ3) is 4.67. The highest BCUT2D eigenvalue weighted by Gasteiger charge is 2.34. The Morgan fingerprint density at radius 2 is 2.08 bits per heavy atom. The standard InChI is InChI=1S/C25H26FN5O5/c1-15-10-20-24(35-14-15)28-12-21(29-20)31-13-17(36-25(31)34)11-27-7-6-18-19(26)4-2-16-3-5-22(33)30(8-9-32)23(16)18/h2-5,12,17,27,32H,1,6-11,13-14H2/t17-/m0/s1. The van der Waals surface area contributed by atoms with Crippen molar-refractivity contribution in [1.82, 2.24) is 19.9 Å². The number of rotatable bonds is 8. The quantitative estimate of drug-likeness (QED) is 0.357. The van der Waals surface area contributed by atoms with Crippen molar-refractivity contribution in [3.05, 3.63) is 70.0 Å². The van der Waals surface area contributed by atoms with Crippen LogP contribution < -0.4 is 20.5 Å². The van der Waals surface area contributed by atoms with Crippen molar-refractivity contribution >= 4 is 22.8 Å². The topological polar surface area (TPSA) is 119 Å². The highest BCUT2D eigenvalue weighted by Crippen LogP contribution is 2.27. The van der Waals surface area contributed by atoms with E-state index < -0.39 is 18.0 Å². The zero-order valence-electron chi connectivity index (χ0n) is 19.6. The van der Waals surface area contributed by atoms with Gasteiger partial charge >= 0.3 is 6.09 Å². The molecular weight excluding hydrogens is 469 g/mol. The lowest BCUT2D eigenvalue weighted by Crippen LogP contribution is -2.32. The van der Waals surface area contributed by atoms with Crippen molar-refractivity contribution in [2.24, 2.45) is 0 Å². The molecule has 3 aromatic rings. The summed E-state index contributed by atoms with van der Waals surface area (Å²) in [7, 11) is 0. The van der Waals surface area contributed by atoms with Crippen LogP contribution >= 0.6 is 0 Å². The Hall–Kier alpha value is -3.83. The van der Waals surface area contributed by atoms with Crippen molar-refractivity contribution in [2.75, 3.05) is 37.7 Å². The number of halogens is 1. The van der Waals surface area contributed by atoms with Crippen LogP contribution in [0, 0.1) is 5.82 Å². The lowest BCUT2D eigenvalue weighted by atomic mass is 10.1. The maximum absolute atomic E-state index is 14.7. The van der Waals surface area contributed by atoms with Crippen LogP contribution in [0.2, 0.25) is 0 Å². The summed E-state index contributed by atoms with van der Waals surface area (Å²) in [6.07, 6.45) is 1.40. The average Bonchev–Trinajstić information content (AvgIpc) is 3.24. The smallest absolute Gasteiger partial charge is 0.416 e. The van der Waals surface area contributed by atoms with E-state index in [9.17, 15) is 19.1 Å². The molecule has 0 unspecified atom stereocenters. The molecule has 2 N–H and O–H groups in total. The lowest BCUT2D eigenvalue weighted by molar-refractivity contribution is 0.140. The van der Waals surface area contributed by atoms with E-state index in [0.29, 0.717) is 67.6 Å². The Morgan fingerprint density at radius 3 is 2.92 bits per heavy atom. The summed E-state index contributed by atoms with van der Waals surface area (Å²) >= 11 is 0. The van der Waals surface area contributed by atoms with Crippen molar-refractivity contribution in [1.29, 1.82) is 0 Å². The van der Waals surface area contributed by atoms with Gasteiger partial charge in [0, 0.05) is 31.1 Å². The second kappa shape index (κ2) is 10.0. The van der Waals surface area contributed by atoms with Crippen LogP contribution in [-0.2, 0) is 24.1 Å². The Balaban J connectivity index is 1.22. The summed E-state index contributed by atoms with van der Waals surface area (Å²) in [6.45, 7) is 5.22. The number of pyridine rings is 1. The number of cyclic esters (lactones) is 1. The summed E-state index contributed by atoms with van der Waals surface area (Å²) in [5, 5.41) is 13.3. The highest BCUT2D eigenvalue weighted by atomic mass is 19.1. The van der Waals surface area contributed by atoms with E-state index >= 15 is 0 Å². The van der Waals surface area contributed by atoms with E-state index in [1.165, 1.54) is 27.8 Å².